The normalized spacial score (nSPS) is 16.9. The van der Waals surface area contributed by atoms with E-state index in [2.05, 4.69) is 10.3 Å². The van der Waals surface area contributed by atoms with E-state index in [4.69, 9.17) is 9.47 Å². The second-order valence-corrected chi connectivity index (χ2v) is 6.24. The summed E-state index contributed by atoms with van der Waals surface area (Å²) in [5.41, 5.74) is 0. The lowest BCUT2D eigenvalue weighted by Gasteiger charge is -2.39. The molecule has 6 nitrogen and oxygen atoms in total. The zero-order valence-corrected chi connectivity index (χ0v) is 18.7. The van der Waals surface area contributed by atoms with Crippen molar-refractivity contribution in [3.8, 4) is 11.5 Å². The lowest BCUT2D eigenvalue weighted by molar-refractivity contribution is -0.181. The number of hydrogen-bond acceptors (Lipinski definition) is 4. The summed E-state index contributed by atoms with van der Waals surface area (Å²) in [6, 6.07) is 5.91. The average molecular weight is 516 g/mol. The fourth-order valence-corrected chi connectivity index (χ4v) is 2.88. The van der Waals surface area contributed by atoms with Gasteiger partial charge in [-0.2, -0.15) is 13.2 Å². The molecule has 1 unspecified atom stereocenters. The van der Waals surface area contributed by atoms with Crippen LogP contribution < -0.4 is 14.8 Å². The molecule has 0 aromatic heterocycles. The van der Waals surface area contributed by atoms with Gasteiger partial charge in [-0.1, -0.05) is 6.07 Å². The Bertz CT molecular complexity index is 623. The molecule has 1 aromatic rings. The van der Waals surface area contributed by atoms with E-state index in [0.29, 0.717) is 51.0 Å². The quantitative estimate of drug-likeness (QED) is 0.273. The summed E-state index contributed by atoms with van der Waals surface area (Å²) in [6.07, 6.45) is -4.19. The van der Waals surface area contributed by atoms with Crippen LogP contribution in [-0.4, -0.2) is 81.5 Å². The van der Waals surface area contributed by atoms with Gasteiger partial charge in [0.25, 0.3) is 0 Å². The zero-order chi connectivity index (χ0) is 19.9. The molecule has 0 bridgehead atoms. The summed E-state index contributed by atoms with van der Waals surface area (Å²) < 4.78 is 49.3. The highest BCUT2D eigenvalue weighted by atomic mass is 127. The number of nitrogens with zero attached hydrogens (tertiary/aromatic N) is 3. The van der Waals surface area contributed by atoms with Gasteiger partial charge in [-0.05, 0) is 19.1 Å². The Morgan fingerprint density at radius 1 is 1.21 bits per heavy atom. The van der Waals surface area contributed by atoms with E-state index in [-0.39, 0.29) is 24.0 Å². The van der Waals surface area contributed by atoms with E-state index in [1.165, 1.54) is 11.8 Å². The first-order valence-electron chi connectivity index (χ1n) is 8.88. The first-order valence-corrected chi connectivity index (χ1v) is 8.88. The van der Waals surface area contributed by atoms with Gasteiger partial charge in [0.2, 0.25) is 0 Å². The molecule has 1 fully saturated rings. The highest BCUT2D eigenvalue weighted by Crippen LogP contribution is 2.25. The number of piperazine rings is 1. The van der Waals surface area contributed by atoms with Gasteiger partial charge in [-0.25, -0.2) is 0 Å². The summed E-state index contributed by atoms with van der Waals surface area (Å²) in [7, 11) is 3.26. The topological polar surface area (TPSA) is 49.3 Å². The number of hydrogen-bond donors (Lipinski definition) is 1. The van der Waals surface area contributed by atoms with Crippen LogP contribution in [0.2, 0.25) is 0 Å². The Labute approximate surface area is 181 Å². The lowest BCUT2D eigenvalue weighted by atomic mass is 10.2. The van der Waals surface area contributed by atoms with Gasteiger partial charge < -0.3 is 19.7 Å². The minimum atomic E-state index is -4.19. The van der Waals surface area contributed by atoms with Crippen molar-refractivity contribution in [3.63, 3.8) is 0 Å². The molecule has 0 aliphatic carbocycles. The van der Waals surface area contributed by atoms with E-state index in [9.17, 15) is 13.2 Å². The van der Waals surface area contributed by atoms with Gasteiger partial charge >= 0.3 is 6.18 Å². The van der Waals surface area contributed by atoms with Crippen molar-refractivity contribution in [1.82, 2.24) is 15.1 Å². The van der Waals surface area contributed by atoms with Crippen LogP contribution in [0.4, 0.5) is 13.2 Å². The van der Waals surface area contributed by atoms with Gasteiger partial charge in [0.1, 0.15) is 24.1 Å². The first-order chi connectivity index (χ1) is 12.8. The van der Waals surface area contributed by atoms with Crippen LogP contribution in [-0.2, 0) is 0 Å². The first kappa shape index (κ1) is 24.6. The van der Waals surface area contributed by atoms with Crippen LogP contribution in [0.15, 0.2) is 29.3 Å². The minimum absolute atomic E-state index is 0. The molecular formula is C18H28F3IN4O2. The molecule has 1 aliphatic heterocycles. The third-order valence-corrected chi connectivity index (χ3v) is 4.54. The summed E-state index contributed by atoms with van der Waals surface area (Å²) >= 11 is 0. The molecule has 0 saturated carbocycles. The predicted octanol–water partition coefficient (Wildman–Crippen LogP) is 2.84. The molecule has 1 aromatic carbocycles. The van der Waals surface area contributed by atoms with Crippen LogP contribution in [0.3, 0.4) is 0 Å². The van der Waals surface area contributed by atoms with Crippen LogP contribution in [0, 0.1) is 0 Å². The Morgan fingerprint density at radius 2 is 1.86 bits per heavy atom. The smallest absolute Gasteiger partial charge is 0.403 e. The van der Waals surface area contributed by atoms with Crippen molar-refractivity contribution in [2.45, 2.75) is 19.1 Å². The number of nitrogens with one attached hydrogen (secondary N) is 1. The van der Waals surface area contributed by atoms with Crippen LogP contribution >= 0.6 is 24.0 Å². The summed E-state index contributed by atoms with van der Waals surface area (Å²) in [5.74, 6) is 2.10. The molecule has 1 N–H and O–H groups in total. The molecule has 1 atom stereocenters. The number of rotatable bonds is 6. The monoisotopic (exact) mass is 516 g/mol. The largest absolute Gasteiger partial charge is 0.497 e. The average Bonchev–Trinajstić information content (AvgIpc) is 2.67. The van der Waals surface area contributed by atoms with E-state index < -0.39 is 12.2 Å². The Balaban J connectivity index is 0.00000392. The number of ether oxygens (including phenoxy) is 2. The van der Waals surface area contributed by atoms with Crippen molar-refractivity contribution in [2.75, 3.05) is 53.5 Å². The van der Waals surface area contributed by atoms with Crippen LogP contribution in [0.5, 0.6) is 11.5 Å². The predicted molar refractivity (Wildman–Crippen MR) is 114 cm³/mol. The number of methoxy groups -OCH3 is 1. The molecule has 0 radical (unpaired) electrons. The second kappa shape index (κ2) is 11.5. The van der Waals surface area contributed by atoms with E-state index in [1.807, 2.05) is 23.1 Å². The fraction of sp³-hybridized carbons (Fsp3) is 0.611. The second-order valence-electron chi connectivity index (χ2n) is 6.24. The van der Waals surface area contributed by atoms with Crippen LogP contribution in [0.1, 0.15) is 6.92 Å². The van der Waals surface area contributed by atoms with Crippen molar-refractivity contribution in [2.24, 2.45) is 4.99 Å². The minimum Gasteiger partial charge on any atom is -0.497 e. The van der Waals surface area contributed by atoms with Crippen molar-refractivity contribution in [1.29, 1.82) is 0 Å². The highest BCUT2D eigenvalue weighted by Gasteiger charge is 2.41. The molecule has 1 aliphatic rings. The fourth-order valence-electron chi connectivity index (χ4n) is 2.88. The van der Waals surface area contributed by atoms with Gasteiger partial charge in [0.05, 0.1) is 13.7 Å². The van der Waals surface area contributed by atoms with Crippen molar-refractivity contribution in [3.05, 3.63) is 24.3 Å². The maximum absolute atomic E-state index is 12.8. The number of halogens is 4. The molecule has 160 valence electrons. The zero-order valence-electron chi connectivity index (χ0n) is 16.3. The summed E-state index contributed by atoms with van der Waals surface area (Å²) in [6.45, 7) is 3.86. The molecule has 2 rings (SSSR count). The Hall–Kier alpha value is -1.43. The lowest BCUT2D eigenvalue weighted by Crippen LogP contribution is -2.57. The molecule has 1 heterocycles. The summed E-state index contributed by atoms with van der Waals surface area (Å²) in [5, 5.41) is 3.19. The van der Waals surface area contributed by atoms with Crippen LogP contribution in [0.25, 0.3) is 0 Å². The standard InChI is InChI=1S/C18H27F3N4O2.HI/c1-14(18(19,20)21)24-8-10-25(11-9-24)17(22-2)23-7-12-27-16-6-4-5-15(13-16)26-3;/h4-6,13-14H,7-12H2,1-3H3,(H,22,23);1H. The SMILES string of the molecule is CN=C(NCCOc1cccc(OC)c1)N1CCN(C(C)C(F)(F)F)CC1.I. The molecule has 0 amide bonds. The summed E-state index contributed by atoms with van der Waals surface area (Å²) in [4.78, 5) is 7.63. The van der Waals surface area contributed by atoms with E-state index in [1.54, 1.807) is 20.2 Å². The Morgan fingerprint density at radius 3 is 2.43 bits per heavy atom. The number of benzene rings is 1. The van der Waals surface area contributed by atoms with Gasteiger partial charge in [-0.3, -0.25) is 9.89 Å². The number of guanidine groups is 1. The van der Waals surface area contributed by atoms with Crippen molar-refractivity contribution >= 4 is 29.9 Å². The number of aliphatic imine (C=N–C) groups is 1. The van der Waals surface area contributed by atoms with E-state index in [0.717, 1.165) is 5.75 Å². The Kier molecular flexibility index (Phi) is 10.1. The van der Waals surface area contributed by atoms with E-state index >= 15 is 0 Å². The molecule has 10 heteroatoms. The van der Waals surface area contributed by atoms with Gasteiger partial charge in [0, 0.05) is 39.3 Å². The van der Waals surface area contributed by atoms with Gasteiger partial charge in [-0.15, -0.1) is 24.0 Å². The van der Waals surface area contributed by atoms with Gasteiger partial charge in [0.15, 0.2) is 5.96 Å². The van der Waals surface area contributed by atoms with Crippen molar-refractivity contribution < 1.29 is 22.6 Å². The maximum atomic E-state index is 12.8. The molecular weight excluding hydrogens is 488 g/mol. The molecule has 1 saturated heterocycles. The molecule has 0 spiro atoms. The maximum Gasteiger partial charge on any atom is 0.403 e. The third-order valence-electron chi connectivity index (χ3n) is 4.54. The number of alkyl halides is 3. The highest BCUT2D eigenvalue weighted by molar-refractivity contribution is 14.0. The molecule has 28 heavy (non-hydrogen) atoms. The third kappa shape index (κ3) is 7.19.